The number of phosphoric ester groups is 1. The van der Waals surface area contributed by atoms with E-state index < -0.39 is 13.9 Å². The molecule has 0 aromatic rings. The number of aliphatic hydroxyl groups excluding tert-OH is 2. The van der Waals surface area contributed by atoms with E-state index in [4.69, 9.17) is 19.3 Å². The lowest BCUT2D eigenvalue weighted by molar-refractivity contribution is 0.110. The molecule has 3 N–H and O–H groups in total. The lowest BCUT2D eigenvalue weighted by atomic mass is 10.0. The van der Waals surface area contributed by atoms with Crippen LogP contribution >= 0.6 is 7.82 Å². The highest BCUT2D eigenvalue weighted by molar-refractivity contribution is 7.47. The summed E-state index contributed by atoms with van der Waals surface area (Å²) in [4.78, 5) is 9.77. The molecule has 0 aromatic carbocycles. The van der Waals surface area contributed by atoms with E-state index in [1.807, 2.05) is 0 Å². The van der Waals surface area contributed by atoms with Crippen LogP contribution in [0.2, 0.25) is 0 Å². The van der Waals surface area contributed by atoms with Crippen molar-refractivity contribution in [1.82, 2.24) is 0 Å². The van der Waals surface area contributed by atoms with Gasteiger partial charge in [-0.2, -0.15) is 0 Å². The number of hydrogen-bond acceptors (Lipinski definition) is 5. The van der Waals surface area contributed by atoms with E-state index in [-0.39, 0.29) is 6.61 Å². The summed E-state index contributed by atoms with van der Waals surface area (Å²) in [5, 5.41) is 16.0. The fraction of sp³-hybridized carbons (Fsp3) is 1.00. The fourth-order valence-electron chi connectivity index (χ4n) is 2.23. The topological polar surface area (TPSA) is 96.2 Å². The molecule has 3 atom stereocenters. The van der Waals surface area contributed by atoms with Crippen molar-refractivity contribution in [2.75, 3.05) is 19.8 Å². The number of rotatable bonds is 15. The van der Waals surface area contributed by atoms with Gasteiger partial charge >= 0.3 is 7.82 Å². The van der Waals surface area contributed by atoms with Gasteiger partial charge in [0.25, 0.3) is 0 Å². The van der Waals surface area contributed by atoms with Crippen LogP contribution in [-0.2, 0) is 13.6 Å². The smallest absolute Gasteiger partial charge is 0.394 e. The Balaban J connectivity index is 0. The van der Waals surface area contributed by atoms with Gasteiger partial charge in [0.2, 0.25) is 0 Å². The normalized spacial score (nSPS) is 16.9. The lowest BCUT2D eigenvalue weighted by Gasteiger charge is -2.20. The molecule has 160 valence electrons. The third-order valence-corrected chi connectivity index (χ3v) is 5.25. The second-order valence-electron chi connectivity index (χ2n) is 6.92. The zero-order valence-corrected chi connectivity index (χ0v) is 18.4. The molecule has 26 heavy (non-hydrogen) atoms. The Morgan fingerprint density at radius 2 is 1.23 bits per heavy atom. The second kappa shape index (κ2) is 18.4. The zero-order chi connectivity index (χ0) is 20.4. The predicted molar refractivity (Wildman–Crippen MR) is 107 cm³/mol. The Morgan fingerprint density at radius 1 is 0.885 bits per heavy atom. The van der Waals surface area contributed by atoms with Crippen molar-refractivity contribution in [2.24, 2.45) is 11.8 Å². The van der Waals surface area contributed by atoms with Crippen LogP contribution in [0.15, 0.2) is 0 Å². The maximum atomic E-state index is 11.9. The molecule has 3 unspecified atom stereocenters. The molecule has 0 aliphatic carbocycles. The fourth-order valence-corrected chi connectivity index (χ4v) is 3.11. The minimum atomic E-state index is -3.89. The van der Waals surface area contributed by atoms with E-state index in [1.54, 1.807) is 0 Å². The summed E-state index contributed by atoms with van der Waals surface area (Å²) < 4.78 is 22.2. The molecule has 0 bridgehead atoms. The van der Waals surface area contributed by atoms with E-state index >= 15 is 0 Å². The Hall–Kier alpha value is 0.0300. The minimum absolute atomic E-state index is 0.139. The first-order valence-corrected chi connectivity index (χ1v) is 11.7. The molecule has 0 heterocycles. The molecular weight excluding hydrogens is 355 g/mol. The number of unbranched alkanes of at least 4 members (excludes halogenated alkanes) is 2. The monoisotopic (exact) mass is 398 g/mol. The molecule has 0 radical (unpaired) electrons. The number of phosphoric acid groups is 1. The molecule has 0 aliphatic heterocycles. The lowest BCUT2D eigenvalue weighted by Crippen LogP contribution is -2.12. The highest BCUT2D eigenvalue weighted by Crippen LogP contribution is 2.44. The molecule has 0 saturated heterocycles. The van der Waals surface area contributed by atoms with Crippen LogP contribution in [0.5, 0.6) is 0 Å². The first-order valence-electron chi connectivity index (χ1n) is 10.2. The first-order chi connectivity index (χ1) is 12.3. The van der Waals surface area contributed by atoms with E-state index in [9.17, 15) is 9.46 Å². The van der Waals surface area contributed by atoms with Crippen molar-refractivity contribution in [1.29, 1.82) is 0 Å². The molecule has 7 heteroatoms. The summed E-state index contributed by atoms with van der Waals surface area (Å²) in [6.45, 7) is 10.5. The average Bonchev–Trinajstić information content (AvgIpc) is 2.62. The van der Waals surface area contributed by atoms with Crippen LogP contribution in [0.3, 0.4) is 0 Å². The highest BCUT2D eigenvalue weighted by Gasteiger charge is 2.24. The zero-order valence-electron chi connectivity index (χ0n) is 17.5. The molecule has 0 fully saturated rings. The third-order valence-electron chi connectivity index (χ3n) is 4.30. The van der Waals surface area contributed by atoms with Crippen LogP contribution in [0.25, 0.3) is 0 Å². The van der Waals surface area contributed by atoms with Crippen molar-refractivity contribution in [3.63, 3.8) is 0 Å². The summed E-state index contributed by atoms with van der Waals surface area (Å²) in [5.41, 5.74) is 0. The van der Waals surface area contributed by atoms with Gasteiger partial charge in [0, 0.05) is 0 Å². The SMILES string of the molecule is CC(O)CO.CCCCC(CC)COP(=O)(O)OCC(CC)CCCC. The van der Waals surface area contributed by atoms with E-state index in [1.165, 1.54) is 6.92 Å². The van der Waals surface area contributed by atoms with Crippen molar-refractivity contribution in [3.05, 3.63) is 0 Å². The highest BCUT2D eigenvalue weighted by atomic mass is 31.2. The number of aliphatic hydroxyl groups is 2. The maximum Gasteiger partial charge on any atom is 0.472 e. The third kappa shape index (κ3) is 18.8. The van der Waals surface area contributed by atoms with E-state index in [0.717, 1.165) is 51.4 Å². The molecule has 0 spiro atoms. The van der Waals surface area contributed by atoms with Crippen LogP contribution in [0, 0.1) is 11.8 Å². The van der Waals surface area contributed by atoms with Crippen molar-refractivity contribution in [3.8, 4) is 0 Å². The Bertz CT molecular complexity index is 314. The molecular formula is C19H43O6P. The molecule has 0 aromatic heterocycles. The van der Waals surface area contributed by atoms with Gasteiger partial charge in [-0.15, -0.1) is 0 Å². The van der Waals surface area contributed by atoms with Crippen LogP contribution < -0.4 is 0 Å². The first kappa shape index (κ1) is 28.2. The van der Waals surface area contributed by atoms with Crippen LogP contribution in [0.4, 0.5) is 0 Å². The predicted octanol–water partition coefficient (Wildman–Crippen LogP) is 4.91. The van der Waals surface area contributed by atoms with Gasteiger partial charge in [0.05, 0.1) is 25.9 Å². The van der Waals surface area contributed by atoms with E-state index in [2.05, 4.69) is 27.7 Å². The quantitative estimate of drug-likeness (QED) is 0.339. The summed E-state index contributed by atoms with van der Waals surface area (Å²) in [6.07, 6.45) is 8.00. The largest absolute Gasteiger partial charge is 0.472 e. The van der Waals surface area contributed by atoms with Gasteiger partial charge in [-0.25, -0.2) is 4.57 Å². The summed E-state index contributed by atoms with van der Waals surface area (Å²) >= 11 is 0. The van der Waals surface area contributed by atoms with Gasteiger partial charge in [-0.05, 0) is 31.6 Å². The molecule has 0 amide bonds. The van der Waals surface area contributed by atoms with E-state index in [0.29, 0.717) is 25.0 Å². The van der Waals surface area contributed by atoms with Gasteiger partial charge in [0.1, 0.15) is 0 Å². The molecule has 6 nitrogen and oxygen atoms in total. The van der Waals surface area contributed by atoms with Gasteiger partial charge in [0.15, 0.2) is 0 Å². The maximum absolute atomic E-state index is 11.9. The van der Waals surface area contributed by atoms with Crippen LogP contribution in [-0.4, -0.2) is 41.0 Å². The summed E-state index contributed by atoms with van der Waals surface area (Å²) in [6, 6.07) is 0. The Morgan fingerprint density at radius 3 is 1.46 bits per heavy atom. The van der Waals surface area contributed by atoms with Gasteiger partial charge in [-0.3, -0.25) is 9.05 Å². The van der Waals surface area contributed by atoms with Crippen LogP contribution in [0.1, 0.15) is 86.0 Å². The minimum Gasteiger partial charge on any atom is -0.394 e. The standard InChI is InChI=1S/C16H35O4P.C3H8O2/c1-5-9-11-15(7-3)13-19-21(17,18)20-14-16(8-4)12-10-6-2;1-3(5)2-4/h15-16H,5-14H2,1-4H3,(H,17,18);3-5H,2H2,1H3. The number of hydrogen-bond donors (Lipinski definition) is 3. The molecule has 0 saturated carbocycles. The molecule has 0 aliphatic rings. The Kier molecular flexibility index (Phi) is 20.0. The molecule has 0 rings (SSSR count). The van der Waals surface area contributed by atoms with Gasteiger partial charge < -0.3 is 15.1 Å². The summed E-state index contributed by atoms with van der Waals surface area (Å²) in [7, 11) is -3.89. The average molecular weight is 399 g/mol. The van der Waals surface area contributed by atoms with Crippen molar-refractivity contribution in [2.45, 2.75) is 92.1 Å². The second-order valence-corrected chi connectivity index (χ2v) is 8.38. The van der Waals surface area contributed by atoms with Crippen molar-refractivity contribution >= 4 is 7.82 Å². The summed E-state index contributed by atoms with van der Waals surface area (Å²) in [5.74, 6) is 0.687. The van der Waals surface area contributed by atoms with Crippen molar-refractivity contribution < 1.29 is 28.7 Å². The van der Waals surface area contributed by atoms with Gasteiger partial charge in [-0.1, -0.05) is 66.2 Å². The Labute approximate surface area is 160 Å².